The predicted molar refractivity (Wildman–Crippen MR) is 91.1 cm³/mol. The van der Waals surface area contributed by atoms with E-state index in [9.17, 15) is 4.79 Å². The zero-order valence-corrected chi connectivity index (χ0v) is 15.0. The first-order valence-corrected chi connectivity index (χ1v) is 7.06. The fourth-order valence-corrected chi connectivity index (χ4v) is 2.76. The van der Waals surface area contributed by atoms with Crippen LogP contribution in [0.1, 0.15) is 24.2 Å². The number of ether oxygens (including phenoxy) is 1. The Balaban J connectivity index is 0.00000220. The lowest BCUT2D eigenvalue weighted by molar-refractivity contribution is -0.122. The van der Waals surface area contributed by atoms with E-state index in [-0.39, 0.29) is 42.8 Å². The Kier molecular flexibility index (Phi) is 9.00. The quantitative estimate of drug-likeness (QED) is 0.807. The van der Waals surface area contributed by atoms with E-state index in [1.54, 1.807) is 11.8 Å². The van der Waals surface area contributed by atoms with Crippen LogP contribution in [0.3, 0.4) is 0 Å². The van der Waals surface area contributed by atoms with Crippen molar-refractivity contribution < 1.29 is 9.53 Å². The van der Waals surface area contributed by atoms with Gasteiger partial charge in [0.1, 0.15) is 6.54 Å². The largest absolute Gasteiger partial charge is 0.383 e. The van der Waals surface area contributed by atoms with Gasteiger partial charge in [-0.25, -0.2) is 0 Å². The van der Waals surface area contributed by atoms with Crippen molar-refractivity contribution in [2.45, 2.75) is 38.8 Å². The van der Waals surface area contributed by atoms with Crippen molar-refractivity contribution in [3.8, 4) is 0 Å². The molecule has 0 aromatic carbocycles. The summed E-state index contributed by atoms with van der Waals surface area (Å²) >= 11 is 0. The monoisotopic (exact) mass is 352 g/mol. The van der Waals surface area contributed by atoms with E-state index in [4.69, 9.17) is 4.74 Å². The van der Waals surface area contributed by atoms with Crippen molar-refractivity contribution in [3.05, 3.63) is 17.5 Å². The summed E-state index contributed by atoms with van der Waals surface area (Å²) in [7, 11) is 1.69. The van der Waals surface area contributed by atoms with E-state index < -0.39 is 0 Å². The van der Waals surface area contributed by atoms with Crippen molar-refractivity contribution in [2.75, 3.05) is 26.8 Å². The van der Waals surface area contributed by atoms with Crippen molar-refractivity contribution in [2.24, 2.45) is 0 Å². The summed E-state index contributed by atoms with van der Waals surface area (Å²) in [5, 5.41) is 10.7. The van der Waals surface area contributed by atoms with Crippen molar-refractivity contribution in [1.29, 1.82) is 0 Å². The molecule has 1 aromatic heterocycles. The first-order chi connectivity index (χ1) is 9.54. The molecule has 0 saturated carbocycles. The van der Waals surface area contributed by atoms with Gasteiger partial charge in [-0.15, -0.1) is 24.8 Å². The number of nitrogens with one attached hydrogen (secondary N) is 2. The predicted octanol–water partition coefficient (Wildman–Crippen LogP) is 1.23. The molecule has 0 aliphatic carbocycles. The number of hydrogen-bond donors (Lipinski definition) is 2. The first kappa shape index (κ1) is 21.2. The van der Waals surface area contributed by atoms with Crippen LogP contribution in [0.4, 0.5) is 0 Å². The number of halogens is 2. The molecule has 0 bridgehead atoms. The van der Waals surface area contributed by atoms with Crippen molar-refractivity contribution >= 4 is 30.7 Å². The van der Waals surface area contributed by atoms with Gasteiger partial charge >= 0.3 is 0 Å². The molecule has 0 radical (unpaired) electrons. The summed E-state index contributed by atoms with van der Waals surface area (Å²) in [4.78, 5) is 12.0. The molecule has 1 atom stereocenters. The van der Waals surface area contributed by atoms with Gasteiger partial charge in [0.25, 0.3) is 0 Å². The Morgan fingerprint density at radius 2 is 2.23 bits per heavy atom. The summed E-state index contributed by atoms with van der Waals surface area (Å²) in [6.07, 6.45) is 2.15. The molecule has 1 unspecified atom stereocenters. The Morgan fingerprint density at radius 1 is 1.50 bits per heavy atom. The highest BCUT2D eigenvalue weighted by molar-refractivity contribution is 5.85. The average Bonchev–Trinajstić information content (AvgIpc) is 2.96. The zero-order chi connectivity index (χ0) is 14.6. The maximum atomic E-state index is 12.0. The minimum absolute atomic E-state index is 0. The van der Waals surface area contributed by atoms with Gasteiger partial charge in [-0.2, -0.15) is 5.10 Å². The molecule has 2 rings (SSSR count). The van der Waals surface area contributed by atoms with Crippen LogP contribution >= 0.6 is 24.8 Å². The summed E-state index contributed by atoms with van der Waals surface area (Å²) < 4.78 is 7.00. The van der Waals surface area contributed by atoms with Crippen LogP contribution in [-0.2, 0) is 16.1 Å². The standard InChI is InChI=1S/C14H24N4O2.2ClH/c1-11-7-12(2)18(17-11)8-13(19)15-9-14(10-20-3)5-4-6-16-14;;/h7,16H,4-6,8-10H2,1-3H3,(H,15,19);2*1H. The minimum Gasteiger partial charge on any atom is -0.383 e. The molecule has 128 valence electrons. The molecule has 0 spiro atoms. The highest BCUT2D eigenvalue weighted by Gasteiger charge is 2.33. The second-order valence-corrected chi connectivity index (χ2v) is 5.61. The van der Waals surface area contributed by atoms with Crippen LogP contribution in [0.15, 0.2) is 6.07 Å². The highest BCUT2D eigenvalue weighted by Crippen LogP contribution is 2.18. The van der Waals surface area contributed by atoms with Crippen LogP contribution < -0.4 is 10.6 Å². The molecule has 1 amide bonds. The third-order valence-corrected chi connectivity index (χ3v) is 3.77. The summed E-state index contributed by atoms with van der Waals surface area (Å²) in [6.45, 7) is 6.35. The Bertz CT molecular complexity index is 473. The number of methoxy groups -OCH3 is 1. The number of carbonyl (C=O) groups is 1. The third-order valence-electron chi connectivity index (χ3n) is 3.77. The normalized spacial score (nSPS) is 20.1. The number of rotatable bonds is 6. The number of aromatic nitrogens is 2. The number of amides is 1. The second kappa shape index (κ2) is 9.35. The lowest BCUT2D eigenvalue weighted by Gasteiger charge is -2.29. The Morgan fingerprint density at radius 3 is 2.73 bits per heavy atom. The Hall–Kier alpha value is -0.820. The van der Waals surface area contributed by atoms with E-state index in [2.05, 4.69) is 15.7 Å². The summed E-state index contributed by atoms with van der Waals surface area (Å²) in [5.41, 5.74) is 1.83. The molecule has 8 heteroatoms. The van der Waals surface area contributed by atoms with Gasteiger partial charge in [0, 0.05) is 19.3 Å². The van der Waals surface area contributed by atoms with Crippen LogP contribution in [0.5, 0.6) is 0 Å². The van der Waals surface area contributed by atoms with E-state index in [0.717, 1.165) is 30.8 Å². The maximum absolute atomic E-state index is 12.0. The number of nitrogens with zero attached hydrogens (tertiary/aromatic N) is 2. The summed E-state index contributed by atoms with van der Waals surface area (Å²) in [5.74, 6) is -0.0135. The fraction of sp³-hybridized carbons (Fsp3) is 0.714. The molecule has 6 nitrogen and oxygen atoms in total. The molecule has 1 aliphatic heterocycles. The lowest BCUT2D eigenvalue weighted by atomic mass is 9.99. The topological polar surface area (TPSA) is 68.2 Å². The maximum Gasteiger partial charge on any atom is 0.241 e. The smallest absolute Gasteiger partial charge is 0.241 e. The highest BCUT2D eigenvalue weighted by atomic mass is 35.5. The molecule has 1 aliphatic rings. The molecule has 1 saturated heterocycles. The van der Waals surface area contributed by atoms with Crippen molar-refractivity contribution in [1.82, 2.24) is 20.4 Å². The minimum atomic E-state index is -0.112. The van der Waals surface area contributed by atoms with Gasteiger partial charge in [-0.05, 0) is 39.3 Å². The zero-order valence-electron chi connectivity index (χ0n) is 13.3. The van der Waals surface area contributed by atoms with E-state index in [0.29, 0.717) is 13.2 Å². The lowest BCUT2D eigenvalue weighted by Crippen LogP contribution is -2.53. The summed E-state index contributed by atoms with van der Waals surface area (Å²) in [6, 6.07) is 1.97. The molecular formula is C14H26Cl2N4O2. The van der Waals surface area contributed by atoms with Crippen LogP contribution in [-0.4, -0.2) is 48.0 Å². The third kappa shape index (κ3) is 5.43. The Labute approximate surface area is 144 Å². The van der Waals surface area contributed by atoms with Crippen LogP contribution in [0.25, 0.3) is 0 Å². The molecule has 1 fully saturated rings. The van der Waals surface area contributed by atoms with Gasteiger partial charge < -0.3 is 15.4 Å². The molecule has 2 N–H and O–H groups in total. The fourth-order valence-electron chi connectivity index (χ4n) is 2.76. The number of carbonyl (C=O) groups excluding carboxylic acids is 1. The number of aryl methyl sites for hydroxylation is 2. The molecule has 1 aromatic rings. The van der Waals surface area contributed by atoms with E-state index in [1.165, 1.54) is 0 Å². The SMILES string of the molecule is COCC1(CNC(=O)Cn2nc(C)cc2C)CCCN1.Cl.Cl. The molecule has 22 heavy (non-hydrogen) atoms. The second-order valence-electron chi connectivity index (χ2n) is 5.61. The van der Waals surface area contributed by atoms with Gasteiger partial charge in [0.15, 0.2) is 0 Å². The number of hydrogen-bond acceptors (Lipinski definition) is 4. The average molecular weight is 353 g/mol. The van der Waals surface area contributed by atoms with Crippen molar-refractivity contribution in [3.63, 3.8) is 0 Å². The molecular weight excluding hydrogens is 327 g/mol. The van der Waals surface area contributed by atoms with Gasteiger partial charge in [-0.1, -0.05) is 0 Å². The van der Waals surface area contributed by atoms with Crippen LogP contribution in [0, 0.1) is 13.8 Å². The van der Waals surface area contributed by atoms with Gasteiger partial charge in [-0.3, -0.25) is 9.48 Å². The van der Waals surface area contributed by atoms with Gasteiger partial charge in [0.05, 0.1) is 17.8 Å². The van der Waals surface area contributed by atoms with E-state index in [1.807, 2.05) is 19.9 Å². The molecule has 2 heterocycles. The van der Waals surface area contributed by atoms with Gasteiger partial charge in [0.2, 0.25) is 5.91 Å². The first-order valence-electron chi connectivity index (χ1n) is 7.06. The van der Waals surface area contributed by atoms with Crippen LogP contribution in [0.2, 0.25) is 0 Å². The van der Waals surface area contributed by atoms with E-state index >= 15 is 0 Å².